The molecule has 2 atom stereocenters. The molecule has 1 amide bonds. The van der Waals surface area contributed by atoms with E-state index in [9.17, 15) is 9.90 Å². The van der Waals surface area contributed by atoms with Gasteiger partial charge in [0.1, 0.15) is 0 Å². The van der Waals surface area contributed by atoms with Crippen LogP contribution in [-0.2, 0) is 16.0 Å². The predicted octanol–water partition coefficient (Wildman–Crippen LogP) is 1.64. The highest BCUT2D eigenvalue weighted by Gasteiger charge is 2.26. The van der Waals surface area contributed by atoms with E-state index in [1.165, 1.54) is 0 Å². The molecule has 0 spiro atoms. The van der Waals surface area contributed by atoms with Gasteiger partial charge in [0.15, 0.2) is 0 Å². The molecule has 2 heterocycles. The Bertz CT molecular complexity index is 466. The van der Waals surface area contributed by atoms with Crippen LogP contribution in [0.5, 0.6) is 0 Å². The number of nitrogens with one attached hydrogen (secondary N) is 1. The summed E-state index contributed by atoms with van der Waals surface area (Å²) in [5, 5.41) is 13.2. The normalized spacial score (nSPS) is 24.5. The van der Waals surface area contributed by atoms with E-state index in [4.69, 9.17) is 4.74 Å². The zero-order chi connectivity index (χ0) is 12.5. The number of carbonyl (C=O) groups is 1. The summed E-state index contributed by atoms with van der Waals surface area (Å²) >= 11 is 0. The first-order chi connectivity index (χ1) is 8.74. The number of anilines is 1. The molecule has 4 nitrogen and oxygen atoms in total. The van der Waals surface area contributed by atoms with E-state index in [1.807, 2.05) is 18.2 Å². The van der Waals surface area contributed by atoms with Gasteiger partial charge in [0.25, 0.3) is 0 Å². The molecule has 4 heteroatoms. The number of carbonyl (C=O) groups excluding carboxylic acids is 1. The van der Waals surface area contributed by atoms with Crippen LogP contribution in [0.2, 0.25) is 0 Å². The molecule has 2 aliphatic heterocycles. The van der Waals surface area contributed by atoms with Crippen molar-refractivity contribution in [1.82, 2.24) is 0 Å². The van der Waals surface area contributed by atoms with Crippen LogP contribution in [0.3, 0.4) is 0 Å². The van der Waals surface area contributed by atoms with Gasteiger partial charge < -0.3 is 15.2 Å². The summed E-state index contributed by atoms with van der Waals surface area (Å²) in [4.78, 5) is 11.3. The predicted molar refractivity (Wildman–Crippen MR) is 67.3 cm³/mol. The zero-order valence-electron chi connectivity index (χ0n) is 10.2. The van der Waals surface area contributed by atoms with Crippen molar-refractivity contribution in [2.45, 2.75) is 25.4 Å². The van der Waals surface area contributed by atoms with Gasteiger partial charge in [0.05, 0.1) is 12.7 Å². The molecule has 18 heavy (non-hydrogen) atoms. The summed E-state index contributed by atoms with van der Waals surface area (Å²) in [6, 6.07) is 5.80. The Morgan fingerprint density at radius 1 is 1.39 bits per heavy atom. The molecule has 0 radical (unpaired) electrons. The third-order valence-electron chi connectivity index (χ3n) is 3.78. The highest BCUT2D eigenvalue weighted by Crippen LogP contribution is 2.32. The Balaban J connectivity index is 1.83. The monoisotopic (exact) mass is 247 g/mol. The molecule has 0 aliphatic carbocycles. The maximum absolute atomic E-state index is 11.3. The molecule has 1 fully saturated rings. The number of rotatable bonds is 2. The van der Waals surface area contributed by atoms with E-state index in [-0.39, 0.29) is 11.8 Å². The van der Waals surface area contributed by atoms with Gasteiger partial charge in [-0.15, -0.1) is 0 Å². The fourth-order valence-electron chi connectivity index (χ4n) is 2.66. The van der Waals surface area contributed by atoms with Gasteiger partial charge in [0, 0.05) is 24.6 Å². The summed E-state index contributed by atoms with van der Waals surface area (Å²) in [6.45, 7) is 1.37. The molecule has 96 valence electrons. The molecular weight excluding hydrogens is 230 g/mol. The number of fused-ring (bicyclic) bond motifs is 1. The lowest BCUT2D eigenvalue weighted by Crippen LogP contribution is -2.20. The summed E-state index contributed by atoms with van der Waals surface area (Å²) in [5.74, 6) is 0.265. The minimum Gasteiger partial charge on any atom is -0.388 e. The smallest absolute Gasteiger partial charge is 0.224 e. The topological polar surface area (TPSA) is 58.6 Å². The van der Waals surface area contributed by atoms with Gasteiger partial charge in [-0.25, -0.2) is 0 Å². The van der Waals surface area contributed by atoms with Crippen LogP contribution in [-0.4, -0.2) is 24.2 Å². The number of aryl methyl sites for hydroxylation is 1. The Kier molecular flexibility index (Phi) is 3.06. The summed E-state index contributed by atoms with van der Waals surface area (Å²) < 4.78 is 5.31. The second-order valence-corrected chi connectivity index (χ2v) is 5.03. The van der Waals surface area contributed by atoms with Crippen molar-refractivity contribution in [2.75, 3.05) is 18.5 Å². The van der Waals surface area contributed by atoms with E-state index in [2.05, 4.69) is 5.32 Å². The van der Waals surface area contributed by atoms with Crippen molar-refractivity contribution in [3.63, 3.8) is 0 Å². The fraction of sp³-hybridized carbons (Fsp3) is 0.500. The van der Waals surface area contributed by atoms with Gasteiger partial charge in [-0.05, 0) is 30.0 Å². The van der Waals surface area contributed by atoms with E-state index in [1.54, 1.807) is 0 Å². The first-order valence-corrected chi connectivity index (χ1v) is 6.42. The number of amides is 1. The third-order valence-corrected chi connectivity index (χ3v) is 3.78. The van der Waals surface area contributed by atoms with Crippen molar-refractivity contribution in [3.05, 3.63) is 29.3 Å². The minimum absolute atomic E-state index is 0.0694. The van der Waals surface area contributed by atoms with Crippen LogP contribution >= 0.6 is 0 Å². The molecule has 2 N–H and O–H groups in total. The summed E-state index contributed by atoms with van der Waals surface area (Å²) in [6.07, 6.45) is 1.73. The first-order valence-electron chi connectivity index (χ1n) is 6.42. The SMILES string of the molecule is O=C1CCc2cc(C(O)C3CCOC3)ccc2N1. The van der Waals surface area contributed by atoms with Crippen LogP contribution < -0.4 is 5.32 Å². The van der Waals surface area contributed by atoms with E-state index in [0.29, 0.717) is 13.0 Å². The largest absolute Gasteiger partial charge is 0.388 e. The quantitative estimate of drug-likeness (QED) is 0.835. The highest BCUT2D eigenvalue weighted by molar-refractivity contribution is 5.93. The summed E-state index contributed by atoms with van der Waals surface area (Å²) in [5.41, 5.74) is 2.93. The molecule has 3 rings (SSSR count). The van der Waals surface area contributed by atoms with Crippen LogP contribution in [0, 0.1) is 5.92 Å². The van der Waals surface area contributed by atoms with E-state index in [0.717, 1.165) is 36.3 Å². The van der Waals surface area contributed by atoms with Crippen molar-refractivity contribution in [3.8, 4) is 0 Å². The van der Waals surface area contributed by atoms with Crippen molar-refractivity contribution >= 4 is 11.6 Å². The Labute approximate surface area is 106 Å². The maximum Gasteiger partial charge on any atom is 0.224 e. The lowest BCUT2D eigenvalue weighted by atomic mass is 9.92. The molecule has 1 aromatic rings. The number of ether oxygens (including phenoxy) is 1. The van der Waals surface area contributed by atoms with E-state index < -0.39 is 6.10 Å². The van der Waals surface area contributed by atoms with Crippen LogP contribution in [0.15, 0.2) is 18.2 Å². The maximum atomic E-state index is 11.3. The lowest BCUT2D eigenvalue weighted by Gasteiger charge is -2.21. The molecule has 0 bridgehead atoms. The first kappa shape index (κ1) is 11.7. The van der Waals surface area contributed by atoms with Crippen molar-refractivity contribution in [1.29, 1.82) is 0 Å². The van der Waals surface area contributed by atoms with Gasteiger partial charge in [-0.3, -0.25) is 4.79 Å². The molecule has 2 aliphatic rings. The van der Waals surface area contributed by atoms with Crippen LogP contribution in [0.1, 0.15) is 30.1 Å². The number of aliphatic hydroxyl groups is 1. The van der Waals surface area contributed by atoms with Crippen LogP contribution in [0.25, 0.3) is 0 Å². The number of aliphatic hydroxyl groups excluding tert-OH is 1. The number of benzene rings is 1. The zero-order valence-corrected chi connectivity index (χ0v) is 10.2. The summed E-state index contributed by atoms with van der Waals surface area (Å²) in [7, 11) is 0. The number of hydrogen-bond acceptors (Lipinski definition) is 3. The van der Waals surface area contributed by atoms with Gasteiger partial charge in [-0.1, -0.05) is 12.1 Å². The van der Waals surface area contributed by atoms with Gasteiger partial charge in [0.2, 0.25) is 5.91 Å². The molecular formula is C14H17NO3. The van der Waals surface area contributed by atoms with E-state index >= 15 is 0 Å². The minimum atomic E-state index is -0.463. The highest BCUT2D eigenvalue weighted by atomic mass is 16.5. The molecule has 2 unspecified atom stereocenters. The van der Waals surface area contributed by atoms with Crippen molar-refractivity contribution in [2.24, 2.45) is 5.92 Å². The Hall–Kier alpha value is -1.39. The third kappa shape index (κ3) is 2.13. The second kappa shape index (κ2) is 4.71. The van der Waals surface area contributed by atoms with Crippen molar-refractivity contribution < 1.29 is 14.6 Å². The molecule has 1 saturated heterocycles. The average molecular weight is 247 g/mol. The fourth-order valence-corrected chi connectivity index (χ4v) is 2.66. The Morgan fingerprint density at radius 3 is 3.06 bits per heavy atom. The average Bonchev–Trinajstić information content (AvgIpc) is 2.91. The molecule has 0 saturated carbocycles. The standard InChI is InChI=1S/C14H17NO3/c16-13-4-2-9-7-10(1-3-12(9)15-13)14(17)11-5-6-18-8-11/h1,3,7,11,14,17H,2,4-6,8H2,(H,15,16). The second-order valence-electron chi connectivity index (χ2n) is 5.03. The molecule has 0 aromatic heterocycles. The lowest BCUT2D eigenvalue weighted by molar-refractivity contribution is -0.116. The number of hydrogen-bond donors (Lipinski definition) is 2. The molecule has 1 aromatic carbocycles. The Morgan fingerprint density at radius 2 is 2.28 bits per heavy atom. The van der Waals surface area contributed by atoms with Gasteiger partial charge in [-0.2, -0.15) is 0 Å². The van der Waals surface area contributed by atoms with Gasteiger partial charge >= 0.3 is 0 Å². The van der Waals surface area contributed by atoms with Crippen LogP contribution in [0.4, 0.5) is 5.69 Å².